The molecule has 1 rings (SSSR count). The van der Waals surface area contributed by atoms with Gasteiger partial charge in [-0.15, -0.1) is 0 Å². The molecule has 4 heteroatoms. The van der Waals surface area contributed by atoms with Crippen LogP contribution in [0.25, 0.3) is 0 Å². The number of hydrogen-bond donors (Lipinski definition) is 2. The lowest BCUT2D eigenvalue weighted by Crippen LogP contribution is -2.10. The summed E-state index contributed by atoms with van der Waals surface area (Å²) in [6, 6.07) is 5.93. The molecule has 2 nitrogen and oxygen atoms in total. The van der Waals surface area contributed by atoms with Crippen LogP contribution in [-0.2, 0) is 0 Å². The molecule has 0 aliphatic heterocycles. The summed E-state index contributed by atoms with van der Waals surface area (Å²) in [5.41, 5.74) is 7.54. The molecule has 0 fully saturated rings. The van der Waals surface area contributed by atoms with Gasteiger partial charge in [0.15, 0.2) is 0 Å². The Hall–Kier alpha value is -0.610. The lowest BCUT2D eigenvalue weighted by Gasteiger charge is -2.08. The third-order valence-electron chi connectivity index (χ3n) is 2.09. The first-order chi connectivity index (χ1) is 7.15. The number of nitrogens with one attached hydrogen (secondary N) is 1. The number of thiocarbonyl (C=S) groups is 1. The first kappa shape index (κ1) is 12.5. The van der Waals surface area contributed by atoms with Gasteiger partial charge in [0, 0.05) is 22.3 Å². The van der Waals surface area contributed by atoms with Crippen molar-refractivity contribution in [3.8, 4) is 0 Å². The monoisotopic (exact) mass is 286 g/mol. The van der Waals surface area contributed by atoms with Crippen LogP contribution in [0.15, 0.2) is 22.7 Å². The summed E-state index contributed by atoms with van der Waals surface area (Å²) in [6.07, 6.45) is 2.37. The zero-order chi connectivity index (χ0) is 11.3. The molecular formula is C11H15BrN2S. The van der Waals surface area contributed by atoms with Crippen LogP contribution in [0.4, 0.5) is 5.69 Å². The van der Waals surface area contributed by atoms with E-state index >= 15 is 0 Å². The smallest absolute Gasteiger partial charge is 0.105 e. The Labute approximate surface area is 104 Å². The lowest BCUT2D eigenvalue weighted by molar-refractivity contribution is 0.834. The Morgan fingerprint density at radius 2 is 2.27 bits per heavy atom. The Morgan fingerprint density at radius 1 is 1.53 bits per heavy atom. The van der Waals surface area contributed by atoms with Gasteiger partial charge in [-0.2, -0.15) is 0 Å². The maximum Gasteiger partial charge on any atom is 0.105 e. The molecule has 0 saturated carbocycles. The van der Waals surface area contributed by atoms with Crippen molar-refractivity contribution in [3.05, 3.63) is 28.2 Å². The molecule has 0 aromatic heterocycles. The van der Waals surface area contributed by atoms with Crippen molar-refractivity contribution in [2.24, 2.45) is 5.73 Å². The third-order valence-corrected chi connectivity index (χ3v) is 2.97. The maximum atomic E-state index is 5.57. The first-order valence-corrected chi connectivity index (χ1v) is 6.18. The molecule has 1 aromatic rings. The Morgan fingerprint density at radius 3 is 2.80 bits per heavy atom. The van der Waals surface area contributed by atoms with Crippen LogP contribution in [-0.4, -0.2) is 11.5 Å². The van der Waals surface area contributed by atoms with Crippen LogP contribution in [0.1, 0.15) is 25.3 Å². The van der Waals surface area contributed by atoms with Crippen LogP contribution < -0.4 is 11.1 Å². The summed E-state index contributed by atoms with van der Waals surface area (Å²) in [6.45, 7) is 3.17. The molecule has 0 aliphatic rings. The average Bonchev–Trinajstić information content (AvgIpc) is 2.17. The van der Waals surface area contributed by atoms with Gasteiger partial charge < -0.3 is 11.1 Å². The molecular weight excluding hydrogens is 272 g/mol. The Balaban J connectivity index is 2.69. The lowest BCUT2D eigenvalue weighted by atomic mass is 10.2. The van der Waals surface area contributed by atoms with Crippen LogP contribution in [0, 0.1) is 0 Å². The molecule has 0 atom stereocenters. The van der Waals surface area contributed by atoms with Crippen molar-refractivity contribution in [3.63, 3.8) is 0 Å². The molecule has 0 aliphatic carbocycles. The van der Waals surface area contributed by atoms with E-state index in [-0.39, 0.29) is 0 Å². The quantitative estimate of drug-likeness (QED) is 0.644. The molecule has 1 aromatic carbocycles. The molecule has 82 valence electrons. The highest BCUT2D eigenvalue weighted by atomic mass is 79.9. The van der Waals surface area contributed by atoms with E-state index in [2.05, 4.69) is 28.2 Å². The van der Waals surface area contributed by atoms with Gasteiger partial charge in [-0.05, 0) is 40.5 Å². The van der Waals surface area contributed by atoms with E-state index in [1.165, 1.54) is 12.8 Å². The van der Waals surface area contributed by atoms with Crippen molar-refractivity contribution >= 4 is 38.8 Å². The van der Waals surface area contributed by atoms with E-state index < -0.39 is 0 Å². The zero-order valence-electron chi connectivity index (χ0n) is 8.72. The van der Waals surface area contributed by atoms with Gasteiger partial charge in [0.25, 0.3) is 0 Å². The fourth-order valence-corrected chi connectivity index (χ4v) is 2.14. The number of benzene rings is 1. The van der Waals surface area contributed by atoms with E-state index in [0.717, 1.165) is 22.3 Å². The van der Waals surface area contributed by atoms with Gasteiger partial charge in [0.05, 0.1) is 0 Å². The fraction of sp³-hybridized carbons (Fsp3) is 0.364. The predicted octanol–water partition coefficient (Wildman–Crippen LogP) is 3.30. The van der Waals surface area contributed by atoms with E-state index in [9.17, 15) is 0 Å². The van der Waals surface area contributed by atoms with Crippen LogP contribution in [0.2, 0.25) is 0 Å². The number of anilines is 1. The second kappa shape index (κ2) is 6.08. The minimum Gasteiger partial charge on any atom is -0.389 e. The molecule has 0 bridgehead atoms. The normalized spacial score (nSPS) is 10.0. The molecule has 0 heterocycles. The van der Waals surface area contributed by atoms with Crippen LogP contribution >= 0.6 is 28.1 Å². The SMILES string of the molecule is CCCCNc1ccc(C(N)=S)c(Br)c1. The van der Waals surface area contributed by atoms with Gasteiger partial charge in [0.1, 0.15) is 4.99 Å². The molecule has 15 heavy (non-hydrogen) atoms. The minimum absolute atomic E-state index is 0.419. The molecule has 0 amide bonds. The highest BCUT2D eigenvalue weighted by molar-refractivity contribution is 9.10. The number of rotatable bonds is 5. The van der Waals surface area contributed by atoms with Crippen LogP contribution in [0.5, 0.6) is 0 Å². The van der Waals surface area contributed by atoms with E-state index in [1.54, 1.807) is 0 Å². The number of unbranched alkanes of at least 4 members (excludes halogenated alkanes) is 1. The number of hydrogen-bond acceptors (Lipinski definition) is 2. The third kappa shape index (κ3) is 3.80. The topological polar surface area (TPSA) is 38.0 Å². The average molecular weight is 287 g/mol. The van der Waals surface area contributed by atoms with Crippen molar-refractivity contribution in [1.29, 1.82) is 0 Å². The molecule has 3 N–H and O–H groups in total. The fourth-order valence-electron chi connectivity index (χ4n) is 1.23. The Kier molecular flexibility index (Phi) is 5.05. The van der Waals surface area contributed by atoms with Gasteiger partial charge in [-0.1, -0.05) is 25.6 Å². The molecule has 0 unspecified atom stereocenters. The second-order valence-corrected chi connectivity index (χ2v) is 4.63. The van der Waals surface area contributed by atoms with Crippen molar-refractivity contribution in [1.82, 2.24) is 0 Å². The van der Waals surface area contributed by atoms with E-state index in [4.69, 9.17) is 18.0 Å². The highest BCUT2D eigenvalue weighted by Crippen LogP contribution is 2.21. The number of nitrogens with two attached hydrogens (primary N) is 1. The summed E-state index contributed by atoms with van der Waals surface area (Å²) in [5, 5.41) is 3.34. The maximum absolute atomic E-state index is 5.57. The standard InChI is InChI=1S/C11H15BrN2S/c1-2-3-6-14-8-4-5-9(11(13)15)10(12)7-8/h4-5,7,14H,2-3,6H2,1H3,(H2,13,15). The predicted molar refractivity (Wildman–Crippen MR) is 73.4 cm³/mol. The number of halogens is 1. The molecule has 0 radical (unpaired) electrons. The zero-order valence-corrected chi connectivity index (χ0v) is 11.1. The largest absolute Gasteiger partial charge is 0.389 e. The molecule has 0 saturated heterocycles. The van der Waals surface area contributed by atoms with Crippen molar-refractivity contribution in [2.45, 2.75) is 19.8 Å². The van der Waals surface area contributed by atoms with Crippen molar-refractivity contribution in [2.75, 3.05) is 11.9 Å². The second-order valence-electron chi connectivity index (χ2n) is 3.34. The van der Waals surface area contributed by atoms with E-state index in [0.29, 0.717) is 4.99 Å². The van der Waals surface area contributed by atoms with Crippen LogP contribution in [0.3, 0.4) is 0 Å². The highest BCUT2D eigenvalue weighted by Gasteiger charge is 2.03. The summed E-state index contributed by atoms with van der Waals surface area (Å²) in [7, 11) is 0. The summed E-state index contributed by atoms with van der Waals surface area (Å²) in [5.74, 6) is 0. The van der Waals surface area contributed by atoms with Gasteiger partial charge in [0.2, 0.25) is 0 Å². The van der Waals surface area contributed by atoms with Crippen molar-refractivity contribution < 1.29 is 0 Å². The van der Waals surface area contributed by atoms with E-state index in [1.807, 2.05) is 18.2 Å². The summed E-state index contributed by atoms with van der Waals surface area (Å²) >= 11 is 8.38. The minimum atomic E-state index is 0.419. The van der Waals surface area contributed by atoms with Gasteiger partial charge in [-0.3, -0.25) is 0 Å². The summed E-state index contributed by atoms with van der Waals surface area (Å²) < 4.78 is 0.941. The van der Waals surface area contributed by atoms with Gasteiger partial charge in [-0.25, -0.2) is 0 Å². The summed E-state index contributed by atoms with van der Waals surface area (Å²) in [4.78, 5) is 0.419. The first-order valence-electron chi connectivity index (χ1n) is 4.98. The molecule has 0 spiro atoms. The Bertz CT molecular complexity index is 352. The van der Waals surface area contributed by atoms with Gasteiger partial charge >= 0.3 is 0 Å².